The van der Waals surface area contributed by atoms with E-state index in [0.717, 1.165) is 20.8 Å². The van der Waals surface area contributed by atoms with Gasteiger partial charge in [0.15, 0.2) is 23.7 Å². The van der Waals surface area contributed by atoms with Crippen molar-refractivity contribution in [3.63, 3.8) is 0 Å². The van der Waals surface area contributed by atoms with Crippen LogP contribution in [-0.4, -0.2) is 82.5 Å². The summed E-state index contributed by atoms with van der Waals surface area (Å²) in [7, 11) is 4.26. The number of esters is 4. The van der Waals surface area contributed by atoms with E-state index in [4.69, 9.17) is 42.6 Å². The van der Waals surface area contributed by atoms with Crippen molar-refractivity contribution in [2.24, 2.45) is 0 Å². The molecule has 5 unspecified atom stereocenters. The van der Waals surface area contributed by atoms with Crippen molar-refractivity contribution in [2.45, 2.75) is 58.4 Å². The van der Waals surface area contributed by atoms with E-state index in [0.29, 0.717) is 5.75 Å². The first-order chi connectivity index (χ1) is 17.0. The summed E-state index contributed by atoms with van der Waals surface area (Å²) in [5, 5.41) is 0. The van der Waals surface area contributed by atoms with Crippen LogP contribution in [0.25, 0.3) is 0 Å². The van der Waals surface area contributed by atoms with E-state index in [1.807, 2.05) is 0 Å². The van der Waals surface area contributed by atoms with Crippen LogP contribution in [-0.2, 0) is 42.9 Å². The smallest absolute Gasteiger partial charge is 0.303 e. The molecule has 1 heterocycles. The Labute approximate surface area is 207 Å². The summed E-state index contributed by atoms with van der Waals surface area (Å²) < 4.78 is 49.0. The van der Waals surface area contributed by atoms with Crippen molar-refractivity contribution in [3.8, 4) is 23.0 Å². The summed E-state index contributed by atoms with van der Waals surface area (Å²) in [5.74, 6) is -1.91. The van der Waals surface area contributed by atoms with Crippen molar-refractivity contribution in [2.75, 3.05) is 27.9 Å². The molecule has 1 aromatic rings. The van der Waals surface area contributed by atoms with Gasteiger partial charge in [0.1, 0.15) is 18.5 Å². The highest BCUT2D eigenvalue weighted by Gasteiger charge is 2.53. The number of benzene rings is 1. The Morgan fingerprint density at radius 3 is 1.67 bits per heavy atom. The van der Waals surface area contributed by atoms with E-state index < -0.39 is 54.6 Å². The van der Waals surface area contributed by atoms with Gasteiger partial charge in [-0.25, -0.2) is 0 Å². The lowest BCUT2D eigenvalue weighted by atomic mass is 9.98. The van der Waals surface area contributed by atoms with Gasteiger partial charge in [-0.2, -0.15) is 0 Å². The van der Waals surface area contributed by atoms with Crippen molar-refractivity contribution in [1.29, 1.82) is 0 Å². The zero-order chi connectivity index (χ0) is 27.0. The van der Waals surface area contributed by atoms with Gasteiger partial charge >= 0.3 is 23.9 Å². The summed E-state index contributed by atoms with van der Waals surface area (Å²) in [4.78, 5) is 47.1. The second kappa shape index (κ2) is 12.8. The predicted octanol–water partition coefficient (Wildman–Crippen LogP) is 1.17. The molecule has 1 fully saturated rings. The molecule has 0 amide bonds. The van der Waals surface area contributed by atoms with Crippen molar-refractivity contribution < 1.29 is 61.8 Å². The Hall–Kier alpha value is -3.74. The molecule has 5 atom stereocenters. The zero-order valence-corrected chi connectivity index (χ0v) is 21.1. The van der Waals surface area contributed by atoms with Gasteiger partial charge < -0.3 is 42.6 Å². The molecule has 200 valence electrons. The van der Waals surface area contributed by atoms with Crippen LogP contribution in [0.1, 0.15) is 27.7 Å². The molecular weight excluding hydrogens is 484 g/mol. The van der Waals surface area contributed by atoms with Crippen molar-refractivity contribution in [3.05, 3.63) is 12.1 Å². The Bertz CT molecular complexity index is 934. The third-order valence-electron chi connectivity index (χ3n) is 4.84. The molecule has 13 nitrogen and oxygen atoms in total. The fourth-order valence-electron chi connectivity index (χ4n) is 3.54. The number of carbonyl (C=O) groups excluding carboxylic acids is 4. The molecule has 2 rings (SSSR count). The average molecular weight is 514 g/mol. The lowest BCUT2D eigenvalue weighted by molar-refractivity contribution is -0.288. The molecule has 0 radical (unpaired) electrons. The van der Waals surface area contributed by atoms with Crippen LogP contribution < -0.4 is 18.9 Å². The topological polar surface area (TPSA) is 151 Å². The molecular formula is C23H30O13. The van der Waals surface area contributed by atoms with Crippen LogP contribution in [0.5, 0.6) is 23.0 Å². The molecule has 36 heavy (non-hydrogen) atoms. The van der Waals surface area contributed by atoms with Gasteiger partial charge in [-0.1, -0.05) is 0 Å². The van der Waals surface area contributed by atoms with Crippen LogP contribution in [0.15, 0.2) is 12.1 Å². The molecule has 0 aromatic heterocycles. The maximum atomic E-state index is 11.9. The molecule has 13 heteroatoms. The summed E-state index contributed by atoms with van der Waals surface area (Å²) in [6.45, 7) is 4.19. The number of hydrogen-bond donors (Lipinski definition) is 0. The number of hydrogen-bond acceptors (Lipinski definition) is 13. The van der Waals surface area contributed by atoms with Gasteiger partial charge in [0.25, 0.3) is 0 Å². The fourth-order valence-corrected chi connectivity index (χ4v) is 3.54. The minimum Gasteiger partial charge on any atom is -0.493 e. The fraction of sp³-hybridized carbons (Fsp3) is 0.565. The summed E-state index contributed by atoms with van der Waals surface area (Å²) in [6.07, 6.45) is -6.61. The monoisotopic (exact) mass is 514 g/mol. The molecule has 1 aliphatic heterocycles. The van der Waals surface area contributed by atoms with Crippen molar-refractivity contribution >= 4 is 23.9 Å². The van der Waals surface area contributed by atoms with Gasteiger partial charge in [0.05, 0.1) is 21.3 Å². The lowest BCUT2D eigenvalue weighted by Crippen LogP contribution is -2.63. The standard InChI is InChI=1S/C23H30O13/c1-11(24)31-10-18-20(32-12(2)25)21(33-13(3)26)22(34-14(4)27)23(36-18)35-15-8-16(28-5)19(30-7)17(9-15)29-6/h8-9,18,20-23H,10H2,1-7H3. The first-order valence-corrected chi connectivity index (χ1v) is 10.8. The highest BCUT2D eigenvalue weighted by atomic mass is 16.7. The largest absolute Gasteiger partial charge is 0.493 e. The molecule has 0 spiro atoms. The van der Waals surface area contributed by atoms with Crippen LogP contribution in [0.3, 0.4) is 0 Å². The molecule has 0 aliphatic carbocycles. The van der Waals surface area contributed by atoms with Crippen LogP contribution in [0, 0.1) is 0 Å². The average Bonchev–Trinajstić information content (AvgIpc) is 2.79. The Morgan fingerprint density at radius 1 is 0.722 bits per heavy atom. The molecule has 1 saturated heterocycles. The van der Waals surface area contributed by atoms with E-state index in [-0.39, 0.29) is 23.9 Å². The van der Waals surface area contributed by atoms with Crippen LogP contribution >= 0.6 is 0 Å². The van der Waals surface area contributed by atoms with Gasteiger partial charge in [0, 0.05) is 39.8 Å². The molecule has 0 N–H and O–H groups in total. The quantitative estimate of drug-likeness (QED) is 0.325. The number of rotatable bonds is 10. The summed E-state index contributed by atoms with van der Waals surface area (Å²) in [5.41, 5.74) is 0. The lowest BCUT2D eigenvalue weighted by Gasteiger charge is -2.43. The Balaban J connectivity index is 2.55. The third kappa shape index (κ3) is 7.38. The van der Waals surface area contributed by atoms with E-state index in [1.165, 1.54) is 40.4 Å². The normalized spacial score (nSPS) is 23.0. The molecule has 0 saturated carbocycles. The highest BCUT2D eigenvalue weighted by Crippen LogP contribution is 2.42. The molecule has 1 aromatic carbocycles. The molecule has 0 bridgehead atoms. The second-order valence-electron chi connectivity index (χ2n) is 7.55. The zero-order valence-electron chi connectivity index (χ0n) is 21.1. The summed E-state index contributed by atoms with van der Waals surface area (Å²) >= 11 is 0. The maximum absolute atomic E-state index is 11.9. The first-order valence-electron chi connectivity index (χ1n) is 10.8. The van der Waals surface area contributed by atoms with Gasteiger partial charge in [-0.05, 0) is 0 Å². The maximum Gasteiger partial charge on any atom is 0.303 e. The van der Waals surface area contributed by atoms with E-state index >= 15 is 0 Å². The van der Waals surface area contributed by atoms with E-state index in [1.54, 1.807) is 0 Å². The second-order valence-corrected chi connectivity index (χ2v) is 7.55. The minimum absolute atomic E-state index is 0.144. The predicted molar refractivity (Wildman–Crippen MR) is 119 cm³/mol. The number of carbonyl (C=O) groups is 4. The highest BCUT2D eigenvalue weighted by molar-refractivity contribution is 5.68. The van der Waals surface area contributed by atoms with Crippen LogP contribution in [0.4, 0.5) is 0 Å². The number of methoxy groups -OCH3 is 3. The van der Waals surface area contributed by atoms with E-state index in [2.05, 4.69) is 0 Å². The SMILES string of the molecule is COc1cc(OC2OC(COC(C)=O)C(OC(C)=O)C(OC(C)=O)C2OC(C)=O)cc(OC)c1OC. The third-order valence-corrected chi connectivity index (χ3v) is 4.84. The Kier molecular flexibility index (Phi) is 10.1. The Morgan fingerprint density at radius 2 is 1.22 bits per heavy atom. The van der Waals surface area contributed by atoms with Crippen LogP contribution in [0.2, 0.25) is 0 Å². The van der Waals surface area contributed by atoms with Crippen molar-refractivity contribution in [1.82, 2.24) is 0 Å². The number of ether oxygens (including phenoxy) is 9. The van der Waals surface area contributed by atoms with Gasteiger partial charge in [0.2, 0.25) is 18.1 Å². The van der Waals surface area contributed by atoms with Gasteiger partial charge in [-0.15, -0.1) is 0 Å². The van der Waals surface area contributed by atoms with Gasteiger partial charge in [-0.3, -0.25) is 19.2 Å². The molecule has 1 aliphatic rings. The van der Waals surface area contributed by atoms with E-state index in [9.17, 15) is 19.2 Å². The minimum atomic E-state index is -1.41. The first kappa shape index (κ1) is 28.5. The summed E-state index contributed by atoms with van der Waals surface area (Å²) in [6, 6.07) is 2.94.